The highest BCUT2D eigenvalue weighted by Gasteiger charge is 2.66. The van der Waals surface area contributed by atoms with Crippen LogP contribution in [0.3, 0.4) is 0 Å². The molecule has 6 aliphatic rings. The Kier molecular flexibility index (Phi) is 4.47. The van der Waals surface area contributed by atoms with Gasteiger partial charge >= 0.3 is 0 Å². The molecule has 3 aliphatic carbocycles. The minimum atomic E-state index is -0.0883. The highest BCUT2D eigenvalue weighted by Crippen LogP contribution is 2.69. The first-order valence-corrected chi connectivity index (χ1v) is 14.2. The predicted octanol–water partition coefficient (Wildman–Crippen LogP) is 6.22. The fourth-order valence-corrected chi connectivity index (χ4v) is 9.38. The van der Waals surface area contributed by atoms with Crippen molar-refractivity contribution < 1.29 is 9.47 Å². The molecule has 3 aliphatic heterocycles. The molecule has 4 heteroatoms. The van der Waals surface area contributed by atoms with E-state index in [1.165, 1.54) is 54.0 Å². The minimum Gasteiger partial charge on any atom is -0.377 e. The lowest BCUT2D eigenvalue weighted by Crippen LogP contribution is -2.63. The number of nitrogens with zero attached hydrogens (tertiary/aromatic N) is 1. The summed E-state index contributed by atoms with van der Waals surface area (Å²) in [6.07, 6.45) is 18.6. The summed E-state index contributed by atoms with van der Waals surface area (Å²) >= 11 is 0. The number of nitrogens with one attached hydrogen (secondary N) is 1. The second-order valence-corrected chi connectivity index (χ2v) is 13.3. The molecule has 8 rings (SSSR count). The first-order chi connectivity index (χ1) is 17.4. The Morgan fingerprint density at radius 3 is 2.81 bits per heavy atom. The SMILES string of the molecule is CC1(NC2CCC3=CC4=CCC5(C)C(c6ccc7ccncc7c6)CC[C@H]5[C@@]45CC[C@]3(C2)O5)COC1. The van der Waals surface area contributed by atoms with E-state index >= 15 is 0 Å². The number of hydrogen-bond donors (Lipinski definition) is 1. The molecule has 1 aromatic carbocycles. The van der Waals surface area contributed by atoms with Crippen LogP contribution in [-0.4, -0.2) is 41.0 Å². The second kappa shape index (κ2) is 7.30. The zero-order valence-electron chi connectivity index (χ0n) is 21.7. The number of aromatic nitrogens is 1. The zero-order valence-corrected chi connectivity index (χ0v) is 21.7. The number of fused-ring (bicyclic) bond motifs is 2. The van der Waals surface area contributed by atoms with E-state index in [1.807, 2.05) is 12.4 Å². The highest BCUT2D eigenvalue weighted by atomic mass is 16.5. The normalized spacial score (nSPS) is 42.1. The van der Waals surface area contributed by atoms with Crippen LogP contribution in [0.15, 0.2) is 60.0 Å². The number of pyridine rings is 1. The molecule has 4 fully saturated rings. The van der Waals surface area contributed by atoms with Crippen molar-refractivity contribution in [3.8, 4) is 0 Å². The molecule has 0 radical (unpaired) electrons. The Labute approximate surface area is 214 Å². The maximum atomic E-state index is 7.49. The molecule has 6 atom stereocenters. The van der Waals surface area contributed by atoms with E-state index in [0.717, 1.165) is 32.5 Å². The first kappa shape index (κ1) is 22.0. The standard InChI is InChI=1S/C32H38N2O2/c1-29(19-35-20-29)34-26-6-5-24-16-25-9-11-30(2)27(22-4-3-21-10-14-33-18-23(21)15-22)7-8-28(30)32(25)13-12-31(24,17-26)36-32/h3-4,9-10,14-16,18,26-28,34H,5-8,11-13,17,19-20H2,1-2H3/t26?,27?,28-,30?,31-,32-/m1/s1. The van der Waals surface area contributed by atoms with Crippen molar-refractivity contribution in [2.45, 2.75) is 93.9 Å². The van der Waals surface area contributed by atoms with Crippen molar-refractivity contribution in [3.05, 3.63) is 65.5 Å². The van der Waals surface area contributed by atoms with E-state index in [1.54, 1.807) is 5.57 Å². The monoisotopic (exact) mass is 482 g/mol. The fourth-order valence-electron chi connectivity index (χ4n) is 9.38. The molecular weight excluding hydrogens is 444 g/mol. The minimum absolute atomic E-state index is 0.0564. The average Bonchev–Trinajstić information content (AvgIpc) is 3.38. The molecule has 1 N–H and O–H groups in total. The average molecular weight is 483 g/mol. The Bertz CT molecular complexity index is 1310. The van der Waals surface area contributed by atoms with Gasteiger partial charge in [-0.05, 0) is 110 Å². The number of hydrogen-bond acceptors (Lipinski definition) is 4. The smallest absolute Gasteiger partial charge is 0.0974 e. The molecular formula is C32H38N2O2. The fraction of sp³-hybridized carbons (Fsp3) is 0.594. The van der Waals surface area contributed by atoms with Gasteiger partial charge < -0.3 is 14.8 Å². The van der Waals surface area contributed by atoms with Crippen LogP contribution < -0.4 is 5.32 Å². The van der Waals surface area contributed by atoms with Crippen LogP contribution in [0.1, 0.15) is 76.7 Å². The Morgan fingerprint density at radius 2 is 1.94 bits per heavy atom. The van der Waals surface area contributed by atoms with Crippen LogP contribution in [0, 0.1) is 11.3 Å². The van der Waals surface area contributed by atoms with Gasteiger partial charge in [0, 0.05) is 23.8 Å². The van der Waals surface area contributed by atoms with E-state index in [-0.39, 0.29) is 22.2 Å². The third kappa shape index (κ3) is 2.90. The van der Waals surface area contributed by atoms with Crippen LogP contribution in [0.2, 0.25) is 0 Å². The van der Waals surface area contributed by atoms with Crippen LogP contribution in [-0.2, 0) is 9.47 Å². The van der Waals surface area contributed by atoms with E-state index < -0.39 is 0 Å². The molecule has 2 saturated heterocycles. The zero-order chi connectivity index (χ0) is 24.2. The maximum absolute atomic E-state index is 7.49. The summed E-state index contributed by atoms with van der Waals surface area (Å²) in [5.74, 6) is 1.16. The maximum Gasteiger partial charge on any atom is 0.0974 e. The van der Waals surface area contributed by atoms with Crippen molar-refractivity contribution in [2.75, 3.05) is 13.2 Å². The number of benzene rings is 1. The predicted molar refractivity (Wildman–Crippen MR) is 142 cm³/mol. The van der Waals surface area contributed by atoms with E-state index in [9.17, 15) is 0 Å². The molecule has 2 saturated carbocycles. The van der Waals surface area contributed by atoms with E-state index in [0.29, 0.717) is 17.9 Å². The molecule has 2 bridgehead atoms. The molecule has 3 unspecified atom stereocenters. The summed E-state index contributed by atoms with van der Waals surface area (Å²) in [6, 6.07) is 9.74. The summed E-state index contributed by atoms with van der Waals surface area (Å²) in [5.41, 5.74) is 4.83. The summed E-state index contributed by atoms with van der Waals surface area (Å²) in [4.78, 5) is 4.39. The molecule has 1 aromatic heterocycles. The van der Waals surface area contributed by atoms with Crippen LogP contribution >= 0.6 is 0 Å². The van der Waals surface area contributed by atoms with Gasteiger partial charge in [-0.2, -0.15) is 0 Å². The lowest BCUT2D eigenvalue weighted by molar-refractivity contribution is -0.140. The van der Waals surface area contributed by atoms with E-state index in [2.05, 4.69) is 60.6 Å². The quantitative estimate of drug-likeness (QED) is 0.564. The number of rotatable bonds is 3. The molecule has 4 heterocycles. The Balaban J connectivity index is 1.13. The van der Waals surface area contributed by atoms with Crippen LogP contribution in [0.25, 0.3) is 10.8 Å². The summed E-state index contributed by atoms with van der Waals surface area (Å²) < 4.78 is 13.0. The molecule has 36 heavy (non-hydrogen) atoms. The molecule has 2 aromatic rings. The van der Waals surface area contributed by atoms with Gasteiger partial charge in [-0.15, -0.1) is 0 Å². The third-order valence-electron chi connectivity index (χ3n) is 11.1. The first-order valence-electron chi connectivity index (χ1n) is 14.2. The number of ether oxygens (including phenoxy) is 2. The van der Waals surface area contributed by atoms with Crippen molar-refractivity contribution in [3.63, 3.8) is 0 Å². The van der Waals surface area contributed by atoms with Gasteiger partial charge in [0.1, 0.15) is 0 Å². The highest BCUT2D eigenvalue weighted by molar-refractivity contribution is 5.82. The molecule has 188 valence electrons. The van der Waals surface area contributed by atoms with Gasteiger partial charge in [-0.25, -0.2) is 0 Å². The van der Waals surface area contributed by atoms with Crippen LogP contribution in [0.5, 0.6) is 0 Å². The molecule has 2 spiro atoms. The van der Waals surface area contributed by atoms with Crippen molar-refractivity contribution in [2.24, 2.45) is 11.3 Å². The van der Waals surface area contributed by atoms with Crippen LogP contribution in [0.4, 0.5) is 0 Å². The van der Waals surface area contributed by atoms with E-state index in [4.69, 9.17) is 9.47 Å². The van der Waals surface area contributed by atoms with Gasteiger partial charge in [0.15, 0.2) is 0 Å². The molecule has 0 amide bonds. The van der Waals surface area contributed by atoms with Gasteiger partial charge in [0.25, 0.3) is 0 Å². The van der Waals surface area contributed by atoms with Gasteiger partial charge in [-0.1, -0.05) is 31.2 Å². The summed E-state index contributed by atoms with van der Waals surface area (Å²) in [5, 5.41) is 6.50. The lowest BCUT2D eigenvalue weighted by Gasteiger charge is -2.55. The third-order valence-corrected chi connectivity index (χ3v) is 11.1. The van der Waals surface area contributed by atoms with Crippen molar-refractivity contribution in [1.82, 2.24) is 10.3 Å². The second-order valence-electron chi connectivity index (χ2n) is 13.3. The van der Waals surface area contributed by atoms with Gasteiger partial charge in [0.05, 0.1) is 30.0 Å². The summed E-state index contributed by atoms with van der Waals surface area (Å²) in [7, 11) is 0. The molecule has 4 nitrogen and oxygen atoms in total. The number of allylic oxidation sites excluding steroid dienone is 1. The van der Waals surface area contributed by atoms with Crippen molar-refractivity contribution >= 4 is 10.8 Å². The topological polar surface area (TPSA) is 43.4 Å². The van der Waals surface area contributed by atoms with Gasteiger partial charge in [-0.3, -0.25) is 4.98 Å². The lowest BCUT2D eigenvalue weighted by atomic mass is 9.58. The summed E-state index contributed by atoms with van der Waals surface area (Å²) in [6.45, 7) is 6.56. The largest absolute Gasteiger partial charge is 0.377 e. The Morgan fingerprint density at radius 1 is 1.03 bits per heavy atom. The van der Waals surface area contributed by atoms with Crippen molar-refractivity contribution in [1.29, 1.82) is 0 Å². The Hall–Kier alpha value is -2.01. The van der Waals surface area contributed by atoms with Gasteiger partial charge in [0.2, 0.25) is 0 Å².